The van der Waals surface area contributed by atoms with Gasteiger partial charge in [-0.25, -0.2) is 0 Å². The number of hydrogen-bond donors (Lipinski definition) is 0. The van der Waals surface area contributed by atoms with Gasteiger partial charge in [-0.3, -0.25) is 4.99 Å². The lowest BCUT2D eigenvalue weighted by Crippen LogP contribution is -2.20. The van der Waals surface area contributed by atoms with Gasteiger partial charge in [-0.15, -0.1) is 0 Å². The van der Waals surface area contributed by atoms with Crippen LogP contribution in [0, 0.1) is 5.92 Å². The highest BCUT2D eigenvalue weighted by molar-refractivity contribution is 6.01. The van der Waals surface area contributed by atoms with Crippen LogP contribution >= 0.6 is 0 Å². The Morgan fingerprint density at radius 1 is 1.18 bits per heavy atom. The van der Waals surface area contributed by atoms with E-state index in [9.17, 15) is 0 Å². The standard InChI is InChI=1S/C20H35NO/c1-8-12-15-19(17(6)22-7)16(5)21-20(11-4)18(13-9-2)14-10-3/h8,12,15,18,20H,6,9-11,13-14H2,1-5,7H3/b12-8?,19-15-,21-16?. The van der Waals surface area contributed by atoms with Crippen LogP contribution in [0.3, 0.4) is 0 Å². The molecule has 0 aliphatic rings. The minimum absolute atomic E-state index is 0.388. The summed E-state index contributed by atoms with van der Waals surface area (Å²) in [5.74, 6) is 1.35. The lowest BCUT2D eigenvalue weighted by molar-refractivity contribution is 0.305. The summed E-state index contributed by atoms with van der Waals surface area (Å²) in [4.78, 5) is 5.03. The summed E-state index contributed by atoms with van der Waals surface area (Å²) in [5, 5.41) is 0. The van der Waals surface area contributed by atoms with E-state index in [0.717, 1.165) is 17.7 Å². The summed E-state index contributed by atoms with van der Waals surface area (Å²) in [5.41, 5.74) is 2.01. The van der Waals surface area contributed by atoms with Crippen molar-refractivity contribution in [3.05, 3.63) is 36.1 Å². The Hall–Kier alpha value is -1.31. The summed E-state index contributed by atoms with van der Waals surface area (Å²) < 4.78 is 5.32. The molecule has 2 nitrogen and oxygen atoms in total. The van der Waals surface area contributed by atoms with E-state index in [1.54, 1.807) is 7.11 Å². The highest BCUT2D eigenvalue weighted by Crippen LogP contribution is 2.24. The monoisotopic (exact) mass is 305 g/mol. The molecule has 0 heterocycles. The molecule has 2 heteroatoms. The first kappa shape index (κ1) is 20.7. The maximum absolute atomic E-state index is 5.32. The van der Waals surface area contributed by atoms with E-state index in [4.69, 9.17) is 9.73 Å². The van der Waals surface area contributed by atoms with Crippen LogP contribution in [-0.4, -0.2) is 18.9 Å². The van der Waals surface area contributed by atoms with Crippen molar-refractivity contribution in [2.24, 2.45) is 10.9 Å². The van der Waals surface area contributed by atoms with Crippen molar-refractivity contribution in [2.45, 2.75) is 72.8 Å². The summed E-state index contributed by atoms with van der Waals surface area (Å²) in [6.07, 6.45) is 12.1. The Balaban J connectivity index is 5.40. The zero-order chi connectivity index (χ0) is 17.0. The molecule has 0 aliphatic heterocycles. The number of allylic oxidation sites excluding steroid dienone is 4. The molecular formula is C20H35NO. The SMILES string of the molecule is C=C(OC)/C(=C\C=CC)C(C)=NC(CC)C(CCC)CCC. The Labute approximate surface area is 138 Å². The van der Waals surface area contributed by atoms with Crippen LogP contribution in [0.25, 0.3) is 0 Å². The molecule has 1 unspecified atom stereocenters. The first-order chi connectivity index (χ1) is 10.5. The second-order valence-electron chi connectivity index (χ2n) is 5.76. The molecule has 0 aliphatic carbocycles. The van der Waals surface area contributed by atoms with Crippen molar-refractivity contribution < 1.29 is 4.74 Å². The van der Waals surface area contributed by atoms with Crippen LogP contribution in [0.1, 0.15) is 66.7 Å². The Kier molecular flexibility index (Phi) is 11.5. The van der Waals surface area contributed by atoms with Crippen molar-refractivity contribution >= 4 is 5.71 Å². The first-order valence-electron chi connectivity index (χ1n) is 8.66. The number of nitrogens with zero attached hydrogens (tertiary/aromatic N) is 1. The van der Waals surface area contributed by atoms with Gasteiger partial charge in [-0.1, -0.05) is 52.3 Å². The fourth-order valence-electron chi connectivity index (χ4n) is 2.84. The van der Waals surface area contributed by atoms with Crippen LogP contribution in [-0.2, 0) is 4.74 Å². The number of ether oxygens (including phenoxy) is 1. The predicted octanol–water partition coefficient (Wildman–Crippen LogP) is 6.10. The smallest absolute Gasteiger partial charge is 0.120 e. The number of hydrogen-bond acceptors (Lipinski definition) is 2. The third kappa shape index (κ3) is 7.11. The lowest BCUT2D eigenvalue weighted by atomic mass is 9.89. The Morgan fingerprint density at radius 2 is 1.77 bits per heavy atom. The van der Waals surface area contributed by atoms with Crippen molar-refractivity contribution in [3.8, 4) is 0 Å². The molecule has 0 saturated heterocycles. The molecule has 0 bridgehead atoms. The maximum Gasteiger partial charge on any atom is 0.120 e. The van der Waals surface area contributed by atoms with E-state index in [2.05, 4.69) is 34.3 Å². The maximum atomic E-state index is 5.32. The van der Waals surface area contributed by atoms with Crippen LogP contribution in [0.2, 0.25) is 0 Å². The zero-order valence-corrected chi connectivity index (χ0v) is 15.5. The van der Waals surface area contributed by atoms with Crippen molar-refractivity contribution in [3.63, 3.8) is 0 Å². The number of rotatable bonds is 11. The first-order valence-corrected chi connectivity index (χ1v) is 8.66. The van der Waals surface area contributed by atoms with Crippen LogP contribution in [0.4, 0.5) is 0 Å². The lowest BCUT2D eigenvalue weighted by Gasteiger charge is -2.23. The van der Waals surface area contributed by atoms with Crippen molar-refractivity contribution in [2.75, 3.05) is 7.11 Å². The highest BCUT2D eigenvalue weighted by Gasteiger charge is 2.19. The molecule has 0 rings (SSSR count). The van der Waals surface area contributed by atoms with E-state index in [1.807, 2.05) is 25.2 Å². The second kappa shape index (κ2) is 12.3. The molecule has 0 amide bonds. The molecule has 0 radical (unpaired) electrons. The Morgan fingerprint density at radius 3 is 2.18 bits per heavy atom. The normalized spacial score (nSPS) is 14.7. The van der Waals surface area contributed by atoms with E-state index >= 15 is 0 Å². The van der Waals surface area contributed by atoms with Crippen LogP contribution in [0.5, 0.6) is 0 Å². The van der Waals surface area contributed by atoms with Gasteiger partial charge in [0.05, 0.1) is 13.2 Å². The summed E-state index contributed by atoms with van der Waals surface area (Å²) >= 11 is 0. The predicted molar refractivity (Wildman–Crippen MR) is 99.5 cm³/mol. The molecular weight excluding hydrogens is 270 g/mol. The average Bonchev–Trinajstić information content (AvgIpc) is 2.52. The van der Waals surface area contributed by atoms with E-state index in [-0.39, 0.29) is 0 Å². The van der Waals surface area contributed by atoms with E-state index in [0.29, 0.717) is 17.7 Å². The molecule has 0 spiro atoms. The van der Waals surface area contributed by atoms with E-state index in [1.165, 1.54) is 25.7 Å². The second-order valence-corrected chi connectivity index (χ2v) is 5.76. The topological polar surface area (TPSA) is 21.6 Å². The number of aliphatic imine (C=N–C) groups is 1. The van der Waals surface area contributed by atoms with Gasteiger partial charge < -0.3 is 4.74 Å². The molecule has 0 fully saturated rings. The molecule has 0 aromatic carbocycles. The largest absolute Gasteiger partial charge is 0.497 e. The van der Waals surface area contributed by atoms with Crippen LogP contribution < -0.4 is 0 Å². The number of methoxy groups -OCH3 is 1. The molecule has 126 valence electrons. The zero-order valence-electron chi connectivity index (χ0n) is 15.5. The molecule has 0 aromatic rings. The molecule has 0 saturated carbocycles. The minimum atomic E-state index is 0.388. The third-order valence-electron chi connectivity index (χ3n) is 4.03. The third-order valence-corrected chi connectivity index (χ3v) is 4.03. The van der Waals surface area contributed by atoms with E-state index < -0.39 is 0 Å². The van der Waals surface area contributed by atoms with Crippen molar-refractivity contribution in [1.29, 1.82) is 0 Å². The van der Waals surface area contributed by atoms with Gasteiger partial charge in [0, 0.05) is 11.3 Å². The summed E-state index contributed by atoms with van der Waals surface area (Å²) in [6.45, 7) is 14.8. The van der Waals surface area contributed by atoms with Gasteiger partial charge in [0.25, 0.3) is 0 Å². The minimum Gasteiger partial charge on any atom is -0.497 e. The highest BCUT2D eigenvalue weighted by atomic mass is 16.5. The van der Waals surface area contributed by atoms with Crippen molar-refractivity contribution in [1.82, 2.24) is 0 Å². The fourth-order valence-corrected chi connectivity index (χ4v) is 2.84. The quantitative estimate of drug-likeness (QED) is 0.256. The van der Waals surface area contributed by atoms with Gasteiger partial charge >= 0.3 is 0 Å². The van der Waals surface area contributed by atoms with Gasteiger partial charge in [-0.2, -0.15) is 0 Å². The molecule has 1 atom stereocenters. The van der Waals surface area contributed by atoms with Gasteiger partial charge in [0.2, 0.25) is 0 Å². The molecule has 22 heavy (non-hydrogen) atoms. The average molecular weight is 306 g/mol. The Bertz CT molecular complexity index is 398. The van der Waals surface area contributed by atoms with Crippen LogP contribution in [0.15, 0.2) is 41.1 Å². The fraction of sp³-hybridized carbons (Fsp3) is 0.650. The molecule has 0 N–H and O–H groups in total. The molecule has 0 aromatic heterocycles. The van der Waals surface area contributed by atoms with Gasteiger partial charge in [0.1, 0.15) is 5.76 Å². The van der Waals surface area contributed by atoms with Gasteiger partial charge in [-0.05, 0) is 45.1 Å². The summed E-state index contributed by atoms with van der Waals surface area (Å²) in [7, 11) is 1.66. The summed E-state index contributed by atoms with van der Waals surface area (Å²) in [6, 6.07) is 0.388. The van der Waals surface area contributed by atoms with Gasteiger partial charge in [0.15, 0.2) is 0 Å².